The van der Waals surface area contributed by atoms with Crippen LogP contribution in [0.3, 0.4) is 0 Å². The highest BCUT2D eigenvalue weighted by molar-refractivity contribution is 7.17. The molecule has 6 rings (SSSR count). The van der Waals surface area contributed by atoms with Crippen LogP contribution in [0.2, 0.25) is 0 Å². The van der Waals surface area contributed by atoms with Gasteiger partial charge in [-0.1, -0.05) is 36.4 Å². The Kier molecular flexibility index (Phi) is 11.9. The van der Waals surface area contributed by atoms with Gasteiger partial charge in [0, 0.05) is 34.8 Å². The number of nitrogens with zero attached hydrogens (tertiary/aromatic N) is 1. The summed E-state index contributed by atoms with van der Waals surface area (Å²) in [4.78, 5) is 53.8. The molecular weight excluding hydrogens is 675 g/mol. The van der Waals surface area contributed by atoms with E-state index in [9.17, 15) is 24.3 Å². The lowest BCUT2D eigenvalue weighted by molar-refractivity contribution is -0.143. The van der Waals surface area contributed by atoms with E-state index in [1.54, 1.807) is 18.2 Å². The average molecular weight is 722 g/mol. The van der Waals surface area contributed by atoms with Gasteiger partial charge in [-0.25, -0.2) is 4.79 Å². The molecule has 9 nitrogen and oxygen atoms in total. The predicted octanol–water partition coefficient (Wildman–Crippen LogP) is 8.47. The summed E-state index contributed by atoms with van der Waals surface area (Å²) in [7, 11) is 0. The second-order valence-corrected chi connectivity index (χ2v) is 15.4. The number of benzene rings is 3. The molecule has 0 bridgehead atoms. The number of fused-ring (bicyclic) bond motifs is 1. The number of hydrogen-bond acceptors (Lipinski definition) is 6. The maximum absolute atomic E-state index is 13.9. The largest absolute Gasteiger partial charge is 0.481 e. The number of thiophene rings is 1. The first-order valence-corrected chi connectivity index (χ1v) is 19.1. The molecular formula is C42H47N3O6S. The third-order valence-corrected chi connectivity index (χ3v) is 11.7. The number of nitrogens with one attached hydrogen (secondary N) is 2. The molecule has 0 radical (unpaired) electrons. The Morgan fingerprint density at radius 2 is 1.42 bits per heavy atom. The van der Waals surface area contributed by atoms with Crippen LogP contribution in [0.1, 0.15) is 111 Å². The highest BCUT2D eigenvalue weighted by Crippen LogP contribution is 2.39. The van der Waals surface area contributed by atoms with Crippen molar-refractivity contribution in [1.82, 2.24) is 4.90 Å². The molecule has 1 heterocycles. The molecule has 2 aliphatic rings. The zero-order chi connectivity index (χ0) is 36.8. The van der Waals surface area contributed by atoms with Crippen LogP contribution in [-0.2, 0) is 37.0 Å². The van der Waals surface area contributed by atoms with E-state index in [0.29, 0.717) is 47.2 Å². The minimum absolute atomic E-state index is 0.236. The van der Waals surface area contributed by atoms with E-state index < -0.39 is 11.9 Å². The van der Waals surface area contributed by atoms with Crippen molar-refractivity contribution in [2.24, 2.45) is 5.92 Å². The lowest BCUT2D eigenvalue weighted by Gasteiger charge is -2.38. The van der Waals surface area contributed by atoms with Crippen LogP contribution in [0.25, 0.3) is 0 Å². The zero-order valence-corrected chi connectivity index (χ0v) is 30.6. The Labute approximate surface area is 309 Å². The summed E-state index contributed by atoms with van der Waals surface area (Å²) < 4.78 is 0. The molecule has 1 saturated carbocycles. The van der Waals surface area contributed by atoms with Gasteiger partial charge in [0.15, 0.2) is 0 Å². The molecule has 0 atom stereocenters. The van der Waals surface area contributed by atoms with Crippen molar-refractivity contribution in [2.75, 3.05) is 10.6 Å². The molecule has 10 heteroatoms. The molecule has 0 unspecified atom stereocenters. The van der Waals surface area contributed by atoms with E-state index in [-0.39, 0.29) is 29.3 Å². The van der Waals surface area contributed by atoms with Crippen LogP contribution < -0.4 is 10.6 Å². The van der Waals surface area contributed by atoms with Crippen molar-refractivity contribution >= 4 is 45.8 Å². The van der Waals surface area contributed by atoms with Crippen molar-refractivity contribution in [3.8, 4) is 0 Å². The number of aliphatic carboxylic acids is 1. The van der Waals surface area contributed by atoms with Gasteiger partial charge >= 0.3 is 11.9 Å². The normalized spacial score (nSPS) is 17.1. The number of carboxylic acid groups (broad SMARTS) is 2. The van der Waals surface area contributed by atoms with Crippen LogP contribution in [0.5, 0.6) is 0 Å². The molecule has 52 heavy (non-hydrogen) atoms. The highest BCUT2D eigenvalue weighted by Gasteiger charge is 2.31. The van der Waals surface area contributed by atoms with Crippen molar-refractivity contribution in [3.63, 3.8) is 0 Å². The first-order valence-electron chi connectivity index (χ1n) is 18.3. The van der Waals surface area contributed by atoms with E-state index in [4.69, 9.17) is 5.11 Å². The summed E-state index contributed by atoms with van der Waals surface area (Å²) in [6, 6.07) is 22.9. The van der Waals surface area contributed by atoms with Crippen LogP contribution in [0.4, 0.5) is 10.7 Å². The number of rotatable bonds is 13. The number of hydrogen-bond donors (Lipinski definition) is 4. The zero-order valence-electron chi connectivity index (χ0n) is 29.8. The van der Waals surface area contributed by atoms with E-state index in [1.807, 2.05) is 54.6 Å². The summed E-state index contributed by atoms with van der Waals surface area (Å²) in [6.07, 6.45) is 8.35. The molecule has 2 amide bonds. The van der Waals surface area contributed by atoms with Crippen LogP contribution in [0.15, 0.2) is 72.8 Å². The fraction of sp³-hybridized carbons (Fsp3) is 0.381. The summed E-state index contributed by atoms with van der Waals surface area (Å²) in [5.74, 6) is -2.39. The second kappa shape index (κ2) is 16.7. The Morgan fingerprint density at radius 3 is 2.06 bits per heavy atom. The average Bonchev–Trinajstić information content (AvgIpc) is 3.51. The molecule has 1 aromatic heterocycles. The molecule has 0 spiro atoms. The summed E-state index contributed by atoms with van der Waals surface area (Å²) in [5.41, 5.74) is 6.21. The summed E-state index contributed by atoms with van der Waals surface area (Å²) in [6.45, 7) is 4.99. The molecule has 0 aliphatic heterocycles. The van der Waals surface area contributed by atoms with Gasteiger partial charge < -0.3 is 20.8 Å². The second-order valence-electron chi connectivity index (χ2n) is 14.3. The van der Waals surface area contributed by atoms with Crippen molar-refractivity contribution in [2.45, 2.75) is 96.7 Å². The van der Waals surface area contributed by atoms with Gasteiger partial charge in [-0.2, -0.15) is 0 Å². The van der Waals surface area contributed by atoms with Crippen molar-refractivity contribution in [3.05, 3.63) is 117 Å². The molecule has 3 aromatic carbocycles. The lowest BCUT2D eigenvalue weighted by Crippen LogP contribution is -2.42. The monoisotopic (exact) mass is 721 g/mol. The third kappa shape index (κ3) is 8.97. The van der Waals surface area contributed by atoms with Crippen LogP contribution >= 0.6 is 11.3 Å². The number of carbonyl (C=O) groups is 4. The van der Waals surface area contributed by atoms with Gasteiger partial charge in [-0.15, -0.1) is 11.3 Å². The first-order chi connectivity index (χ1) is 25.0. The number of anilines is 2. The van der Waals surface area contributed by atoms with Gasteiger partial charge in [0.25, 0.3) is 11.8 Å². The Bertz CT molecular complexity index is 1910. The third-order valence-electron chi connectivity index (χ3n) is 10.5. The Morgan fingerprint density at radius 1 is 0.769 bits per heavy atom. The maximum atomic E-state index is 13.9. The number of carboxylic acids is 2. The molecule has 4 aromatic rings. The Balaban J connectivity index is 1.12. The SMILES string of the molecule is CC(C)N(Cc1cccc(C(=O)Nc2sc3c(c2C(=O)Nc2ccc(CCc4ccc(C(=O)O)cc4)cc2)CCCC3)c1)[C@H]1CC[C@H](C(=O)O)CC1. The number of carbonyl (C=O) groups excluding carboxylic acids is 2. The van der Waals surface area contributed by atoms with Gasteiger partial charge in [0.05, 0.1) is 17.0 Å². The van der Waals surface area contributed by atoms with Gasteiger partial charge in [-0.3, -0.25) is 19.3 Å². The molecule has 0 saturated heterocycles. The molecule has 2 aliphatic carbocycles. The standard InChI is InChI=1S/C42H47N3O6S/c1-26(2)45(34-22-18-31(19-23-34)42(50)51)25-29-6-5-7-32(24-29)38(46)44-40-37(35-8-3-4-9-36(35)52-40)39(47)43-33-20-14-28(15-21-33)11-10-27-12-16-30(17-13-27)41(48)49/h5-7,12-17,20-21,24,26,31,34H,3-4,8-11,18-19,22-23,25H2,1-2H3,(H,43,47)(H,44,46)(H,48,49)(H,50,51)/t31-,34-. The van der Waals surface area contributed by atoms with E-state index in [1.165, 1.54) is 11.3 Å². The van der Waals surface area contributed by atoms with Crippen LogP contribution in [0, 0.1) is 5.92 Å². The minimum atomic E-state index is -0.938. The Hall–Kier alpha value is -4.80. The lowest BCUT2D eigenvalue weighted by atomic mass is 9.85. The minimum Gasteiger partial charge on any atom is -0.481 e. The first kappa shape index (κ1) is 37.0. The van der Waals surface area contributed by atoms with Crippen molar-refractivity contribution < 1.29 is 29.4 Å². The molecule has 1 fully saturated rings. The smallest absolute Gasteiger partial charge is 0.335 e. The van der Waals surface area contributed by atoms with E-state index in [2.05, 4.69) is 29.4 Å². The fourth-order valence-corrected chi connectivity index (χ4v) is 8.81. The molecule has 4 N–H and O–H groups in total. The van der Waals surface area contributed by atoms with E-state index >= 15 is 0 Å². The van der Waals surface area contributed by atoms with Crippen molar-refractivity contribution in [1.29, 1.82) is 0 Å². The van der Waals surface area contributed by atoms with Crippen LogP contribution in [-0.4, -0.2) is 50.9 Å². The number of aryl methyl sites for hydroxylation is 3. The maximum Gasteiger partial charge on any atom is 0.335 e. The topological polar surface area (TPSA) is 136 Å². The summed E-state index contributed by atoms with van der Waals surface area (Å²) in [5, 5.41) is 25.3. The van der Waals surface area contributed by atoms with Gasteiger partial charge in [0.2, 0.25) is 0 Å². The quantitative estimate of drug-likeness (QED) is 0.109. The van der Waals surface area contributed by atoms with Gasteiger partial charge in [-0.05, 0) is 137 Å². The van der Waals surface area contributed by atoms with Gasteiger partial charge in [0.1, 0.15) is 5.00 Å². The molecule has 272 valence electrons. The van der Waals surface area contributed by atoms with E-state index in [0.717, 1.165) is 78.5 Å². The highest BCUT2D eigenvalue weighted by atomic mass is 32.1. The number of aromatic carboxylic acids is 1. The predicted molar refractivity (Wildman–Crippen MR) is 205 cm³/mol. The fourth-order valence-electron chi connectivity index (χ4n) is 7.53. The number of amides is 2. The summed E-state index contributed by atoms with van der Waals surface area (Å²) >= 11 is 1.50.